The van der Waals surface area contributed by atoms with Crippen LogP contribution in [0, 0.1) is 5.82 Å². The normalized spacial score (nSPS) is 16.2. The van der Waals surface area contributed by atoms with Crippen molar-refractivity contribution in [1.29, 1.82) is 0 Å². The predicted octanol–water partition coefficient (Wildman–Crippen LogP) is 2.11. The Kier molecular flexibility index (Phi) is 7.22. The number of rotatable bonds is 6. The van der Waals surface area contributed by atoms with Gasteiger partial charge in [0.25, 0.3) is 0 Å². The summed E-state index contributed by atoms with van der Waals surface area (Å²) in [5.41, 5.74) is 1.73. The minimum Gasteiger partial charge on any atom is -0.394 e. The monoisotopic (exact) mass is 463 g/mol. The topological polar surface area (TPSA) is 89.9 Å². The molecule has 2 N–H and O–H groups in total. The molecule has 174 valence electrons. The minimum atomic E-state index is -3.98. The second-order valence-electron chi connectivity index (χ2n) is 8.92. The summed E-state index contributed by atoms with van der Waals surface area (Å²) in [4.78, 5) is 16.5. The number of anilines is 1. The summed E-state index contributed by atoms with van der Waals surface area (Å²) in [7, 11) is -3.98. The van der Waals surface area contributed by atoms with Gasteiger partial charge in [-0.1, -0.05) is 32.9 Å². The Labute approximate surface area is 188 Å². The standard InChI is InChI=1S/C23H30FN3O4S/c1-23(2,3)17-4-10-20(11-5-17)32(30,31)25-21(16-28)22(29)27-14-12-26(13-15-27)19-8-6-18(24)7-9-19/h4-11,21,25,28H,12-16H2,1-3H3. The van der Waals surface area contributed by atoms with Crippen LogP contribution in [0.2, 0.25) is 0 Å². The number of carbonyl (C=O) groups is 1. The highest BCUT2D eigenvalue weighted by Crippen LogP contribution is 2.23. The van der Waals surface area contributed by atoms with Crippen molar-refractivity contribution >= 4 is 21.6 Å². The van der Waals surface area contributed by atoms with Gasteiger partial charge in [-0.25, -0.2) is 12.8 Å². The summed E-state index contributed by atoms with van der Waals surface area (Å²) >= 11 is 0. The first-order valence-electron chi connectivity index (χ1n) is 10.5. The van der Waals surface area contributed by atoms with Gasteiger partial charge in [0.15, 0.2) is 0 Å². The highest BCUT2D eigenvalue weighted by atomic mass is 32.2. The van der Waals surface area contributed by atoms with Gasteiger partial charge in [-0.2, -0.15) is 4.72 Å². The number of aliphatic hydroxyl groups is 1. The van der Waals surface area contributed by atoms with E-state index in [0.29, 0.717) is 26.2 Å². The third-order valence-corrected chi connectivity index (χ3v) is 7.08. The Hall–Kier alpha value is -2.49. The lowest BCUT2D eigenvalue weighted by molar-refractivity contribution is -0.134. The zero-order valence-electron chi connectivity index (χ0n) is 18.6. The maximum Gasteiger partial charge on any atom is 0.243 e. The third kappa shape index (κ3) is 5.65. The van der Waals surface area contributed by atoms with Crippen molar-refractivity contribution in [3.8, 4) is 0 Å². The first-order chi connectivity index (χ1) is 15.0. The molecule has 0 aromatic heterocycles. The molecule has 1 saturated heterocycles. The molecule has 7 nitrogen and oxygen atoms in total. The highest BCUT2D eigenvalue weighted by Gasteiger charge is 2.31. The molecule has 1 heterocycles. The van der Waals surface area contributed by atoms with E-state index in [4.69, 9.17) is 0 Å². The van der Waals surface area contributed by atoms with Gasteiger partial charge >= 0.3 is 0 Å². The van der Waals surface area contributed by atoms with Crippen molar-refractivity contribution in [1.82, 2.24) is 9.62 Å². The summed E-state index contributed by atoms with van der Waals surface area (Å²) in [6.45, 7) is 7.24. The number of aliphatic hydroxyl groups excluding tert-OH is 1. The van der Waals surface area contributed by atoms with E-state index >= 15 is 0 Å². The van der Waals surface area contributed by atoms with Crippen LogP contribution in [0.4, 0.5) is 10.1 Å². The van der Waals surface area contributed by atoms with E-state index in [1.54, 1.807) is 24.3 Å². The van der Waals surface area contributed by atoms with Crippen molar-refractivity contribution in [3.63, 3.8) is 0 Å². The van der Waals surface area contributed by atoms with Gasteiger partial charge in [-0.15, -0.1) is 0 Å². The average Bonchev–Trinajstić information content (AvgIpc) is 2.77. The molecule has 0 radical (unpaired) electrons. The van der Waals surface area contributed by atoms with Crippen molar-refractivity contribution in [2.45, 2.75) is 37.1 Å². The lowest BCUT2D eigenvalue weighted by Crippen LogP contribution is -2.56. The Bertz CT molecular complexity index is 1030. The number of sulfonamides is 1. The van der Waals surface area contributed by atoms with Crippen molar-refractivity contribution in [3.05, 3.63) is 59.9 Å². The SMILES string of the molecule is CC(C)(C)c1ccc(S(=O)(=O)NC(CO)C(=O)N2CCN(c3ccc(F)cc3)CC2)cc1. The Morgan fingerprint density at radius 3 is 2.09 bits per heavy atom. The summed E-state index contributed by atoms with van der Waals surface area (Å²) in [6.07, 6.45) is 0. The van der Waals surface area contributed by atoms with Crippen LogP contribution in [0.1, 0.15) is 26.3 Å². The Morgan fingerprint density at radius 1 is 1.03 bits per heavy atom. The largest absolute Gasteiger partial charge is 0.394 e. The fourth-order valence-electron chi connectivity index (χ4n) is 3.61. The van der Waals surface area contributed by atoms with Crippen LogP contribution in [0.15, 0.2) is 53.4 Å². The van der Waals surface area contributed by atoms with Crippen LogP contribution in [-0.4, -0.2) is 63.2 Å². The number of carbonyl (C=O) groups excluding carboxylic acids is 1. The van der Waals surface area contributed by atoms with Crippen LogP contribution in [0.5, 0.6) is 0 Å². The van der Waals surface area contributed by atoms with E-state index in [2.05, 4.69) is 4.72 Å². The van der Waals surface area contributed by atoms with Gasteiger partial charge in [-0.05, 0) is 47.4 Å². The first-order valence-corrected chi connectivity index (χ1v) is 12.0. The first kappa shape index (κ1) is 24.2. The highest BCUT2D eigenvalue weighted by molar-refractivity contribution is 7.89. The number of hydrogen-bond acceptors (Lipinski definition) is 5. The number of benzene rings is 2. The van der Waals surface area contributed by atoms with E-state index in [1.807, 2.05) is 25.7 Å². The van der Waals surface area contributed by atoms with Gasteiger partial charge in [0.1, 0.15) is 11.9 Å². The number of nitrogens with one attached hydrogen (secondary N) is 1. The average molecular weight is 464 g/mol. The predicted molar refractivity (Wildman–Crippen MR) is 122 cm³/mol. The molecule has 0 spiro atoms. The van der Waals surface area contributed by atoms with E-state index in [-0.39, 0.29) is 16.1 Å². The third-order valence-electron chi connectivity index (χ3n) is 5.59. The van der Waals surface area contributed by atoms with Crippen LogP contribution in [-0.2, 0) is 20.2 Å². The summed E-state index contributed by atoms with van der Waals surface area (Å²) in [5, 5.41) is 9.72. The molecular weight excluding hydrogens is 433 g/mol. The van der Waals surface area contributed by atoms with E-state index in [1.165, 1.54) is 29.2 Å². The van der Waals surface area contributed by atoms with Gasteiger partial charge < -0.3 is 14.9 Å². The fourth-order valence-corrected chi connectivity index (χ4v) is 4.79. The van der Waals surface area contributed by atoms with E-state index in [9.17, 15) is 22.7 Å². The molecule has 0 saturated carbocycles. The lowest BCUT2D eigenvalue weighted by Gasteiger charge is -2.37. The molecule has 32 heavy (non-hydrogen) atoms. The number of nitrogens with zero attached hydrogens (tertiary/aromatic N) is 2. The van der Waals surface area contributed by atoms with Crippen molar-refractivity contribution in [2.75, 3.05) is 37.7 Å². The van der Waals surface area contributed by atoms with Crippen LogP contribution in [0.3, 0.4) is 0 Å². The summed E-state index contributed by atoms with van der Waals surface area (Å²) < 4.78 is 41.0. The molecule has 3 rings (SSSR count). The van der Waals surface area contributed by atoms with E-state index < -0.39 is 28.6 Å². The second kappa shape index (κ2) is 9.56. The van der Waals surface area contributed by atoms with Crippen molar-refractivity contribution in [2.24, 2.45) is 0 Å². The van der Waals surface area contributed by atoms with Gasteiger partial charge in [0.05, 0.1) is 11.5 Å². The van der Waals surface area contributed by atoms with Gasteiger partial charge in [-0.3, -0.25) is 4.79 Å². The van der Waals surface area contributed by atoms with Crippen molar-refractivity contribution < 1.29 is 22.7 Å². The zero-order valence-corrected chi connectivity index (χ0v) is 19.4. The number of halogens is 1. The van der Waals surface area contributed by atoms with Gasteiger partial charge in [0, 0.05) is 31.9 Å². The molecule has 1 amide bonds. The number of amides is 1. The zero-order chi connectivity index (χ0) is 23.5. The molecule has 1 atom stereocenters. The second-order valence-corrected chi connectivity index (χ2v) is 10.6. The summed E-state index contributed by atoms with van der Waals surface area (Å²) in [6, 6.07) is 11.4. The molecule has 1 aliphatic rings. The molecule has 2 aromatic rings. The van der Waals surface area contributed by atoms with Crippen LogP contribution >= 0.6 is 0 Å². The maximum atomic E-state index is 13.1. The van der Waals surface area contributed by atoms with Crippen LogP contribution < -0.4 is 9.62 Å². The fraction of sp³-hybridized carbons (Fsp3) is 0.435. The lowest BCUT2D eigenvalue weighted by atomic mass is 9.87. The number of hydrogen-bond donors (Lipinski definition) is 2. The Morgan fingerprint density at radius 2 is 1.59 bits per heavy atom. The van der Waals surface area contributed by atoms with Crippen LogP contribution in [0.25, 0.3) is 0 Å². The smallest absolute Gasteiger partial charge is 0.243 e. The molecule has 1 aliphatic heterocycles. The maximum absolute atomic E-state index is 13.1. The Balaban J connectivity index is 1.63. The van der Waals surface area contributed by atoms with E-state index in [0.717, 1.165) is 11.3 Å². The molecule has 1 unspecified atom stereocenters. The number of piperazine rings is 1. The molecule has 9 heteroatoms. The summed E-state index contributed by atoms with van der Waals surface area (Å²) in [5.74, 6) is -0.783. The molecule has 0 bridgehead atoms. The molecule has 2 aromatic carbocycles. The molecular formula is C23H30FN3O4S. The quantitative estimate of drug-likeness (QED) is 0.685. The van der Waals surface area contributed by atoms with Gasteiger partial charge in [0.2, 0.25) is 15.9 Å². The minimum absolute atomic E-state index is 0.0397. The molecule has 1 fully saturated rings. The molecule has 0 aliphatic carbocycles.